The summed E-state index contributed by atoms with van der Waals surface area (Å²) in [5.74, 6) is 0.261. The number of benzene rings is 2. The highest BCUT2D eigenvalue weighted by molar-refractivity contribution is 7.90. The van der Waals surface area contributed by atoms with Crippen LogP contribution in [-0.2, 0) is 16.4 Å². The van der Waals surface area contributed by atoms with Crippen molar-refractivity contribution < 1.29 is 17.9 Å². The van der Waals surface area contributed by atoms with Crippen molar-refractivity contribution in [2.75, 3.05) is 13.4 Å². The summed E-state index contributed by atoms with van der Waals surface area (Å²) < 4.78 is 31.5. The lowest BCUT2D eigenvalue weighted by atomic mass is 10.2. The van der Waals surface area contributed by atoms with E-state index in [4.69, 9.17) is 4.74 Å². The second kappa shape index (κ2) is 7.05. The monoisotopic (exact) mass is 390 g/mol. The van der Waals surface area contributed by atoms with Crippen LogP contribution >= 0.6 is 11.3 Å². The number of ether oxygens (including phenoxy) is 1. The van der Waals surface area contributed by atoms with E-state index in [1.165, 1.54) is 23.5 Å². The van der Waals surface area contributed by atoms with E-state index in [1.54, 1.807) is 19.2 Å². The first-order valence-electron chi connectivity index (χ1n) is 7.90. The predicted octanol–water partition coefficient (Wildman–Crippen LogP) is 2.88. The summed E-state index contributed by atoms with van der Waals surface area (Å²) in [7, 11) is -1.78. The Hall–Kier alpha value is -2.45. The third-order valence-electron chi connectivity index (χ3n) is 3.91. The quantitative estimate of drug-likeness (QED) is 0.686. The minimum absolute atomic E-state index is 0.1000. The molecule has 0 unspecified atom stereocenters. The molecule has 1 heterocycles. The zero-order valence-corrected chi connectivity index (χ0v) is 16.2. The van der Waals surface area contributed by atoms with Crippen LogP contribution in [0.3, 0.4) is 0 Å². The first-order chi connectivity index (χ1) is 12.3. The lowest BCUT2D eigenvalue weighted by Crippen LogP contribution is -2.16. The van der Waals surface area contributed by atoms with Crippen molar-refractivity contribution in [2.45, 2.75) is 18.4 Å². The van der Waals surface area contributed by atoms with Crippen molar-refractivity contribution in [3.63, 3.8) is 0 Å². The number of aryl methyl sites for hydroxylation is 1. The molecule has 1 amide bonds. The molecular weight excluding hydrogens is 372 g/mol. The number of thiazole rings is 1. The highest BCUT2D eigenvalue weighted by Gasteiger charge is 2.12. The number of amides is 1. The summed E-state index contributed by atoms with van der Waals surface area (Å²) in [6, 6.07) is 11.6. The largest absolute Gasteiger partial charge is 0.497 e. The molecule has 0 bridgehead atoms. The maximum atomic E-state index is 12.6. The molecule has 8 heteroatoms. The number of carbonyl (C=O) groups excluding carboxylic acids is 1. The van der Waals surface area contributed by atoms with Crippen LogP contribution in [0.25, 0.3) is 10.2 Å². The Morgan fingerprint density at radius 3 is 2.65 bits per heavy atom. The lowest BCUT2D eigenvalue weighted by molar-refractivity contribution is 0.0997. The number of nitrogens with zero attached hydrogens (tertiary/aromatic N) is 2. The molecule has 0 aliphatic heterocycles. The third kappa shape index (κ3) is 3.56. The van der Waals surface area contributed by atoms with Crippen LogP contribution in [0.1, 0.15) is 17.3 Å². The van der Waals surface area contributed by atoms with Gasteiger partial charge >= 0.3 is 0 Å². The minimum atomic E-state index is -3.38. The van der Waals surface area contributed by atoms with Crippen LogP contribution in [0.5, 0.6) is 5.75 Å². The van der Waals surface area contributed by atoms with Gasteiger partial charge in [-0.1, -0.05) is 17.4 Å². The van der Waals surface area contributed by atoms with Gasteiger partial charge in [0.1, 0.15) is 5.75 Å². The standard InChI is InChI=1S/C18H18N2O4S2/c1-4-20-15-9-8-13(24-2)11-16(15)25-18(20)19-17(21)12-6-5-7-14(10-12)26(3,22)23/h5-11H,4H2,1-3H3. The van der Waals surface area contributed by atoms with Gasteiger partial charge in [-0.2, -0.15) is 4.99 Å². The molecule has 2 aromatic carbocycles. The van der Waals surface area contributed by atoms with E-state index in [0.717, 1.165) is 22.2 Å². The smallest absolute Gasteiger partial charge is 0.279 e. The van der Waals surface area contributed by atoms with Gasteiger partial charge in [0, 0.05) is 18.4 Å². The fourth-order valence-electron chi connectivity index (χ4n) is 2.58. The Bertz CT molecular complexity index is 1160. The summed E-state index contributed by atoms with van der Waals surface area (Å²) in [5, 5.41) is 0. The van der Waals surface area contributed by atoms with E-state index < -0.39 is 15.7 Å². The van der Waals surface area contributed by atoms with E-state index in [2.05, 4.69) is 4.99 Å². The molecular formula is C18H18N2O4S2. The van der Waals surface area contributed by atoms with Crippen molar-refractivity contribution in [1.82, 2.24) is 4.57 Å². The number of fused-ring (bicyclic) bond motifs is 1. The fraction of sp³-hybridized carbons (Fsp3) is 0.222. The number of methoxy groups -OCH3 is 1. The van der Waals surface area contributed by atoms with Gasteiger partial charge in [0.25, 0.3) is 5.91 Å². The zero-order chi connectivity index (χ0) is 18.9. The topological polar surface area (TPSA) is 77.7 Å². The summed E-state index contributed by atoms with van der Waals surface area (Å²) in [6.07, 6.45) is 1.11. The molecule has 1 aromatic heterocycles. The predicted molar refractivity (Wildman–Crippen MR) is 101 cm³/mol. The Kier molecular flexibility index (Phi) is 4.97. The van der Waals surface area contributed by atoms with Gasteiger partial charge in [-0.15, -0.1) is 0 Å². The Balaban J connectivity index is 2.11. The van der Waals surface area contributed by atoms with Crippen LogP contribution in [-0.4, -0.2) is 32.3 Å². The average molecular weight is 390 g/mol. The SMILES string of the molecule is CCn1c(=NC(=O)c2cccc(S(C)(=O)=O)c2)sc2cc(OC)ccc21. The summed E-state index contributed by atoms with van der Waals surface area (Å²) in [6.45, 7) is 2.63. The number of rotatable bonds is 4. The average Bonchev–Trinajstić information content (AvgIpc) is 2.96. The summed E-state index contributed by atoms with van der Waals surface area (Å²) >= 11 is 1.39. The molecule has 0 atom stereocenters. The Morgan fingerprint density at radius 1 is 1.23 bits per heavy atom. The molecule has 6 nitrogen and oxygen atoms in total. The Labute approximate surface area is 155 Å². The van der Waals surface area contributed by atoms with E-state index in [-0.39, 0.29) is 10.5 Å². The highest BCUT2D eigenvalue weighted by Crippen LogP contribution is 2.23. The van der Waals surface area contributed by atoms with Crippen molar-refractivity contribution in [3.8, 4) is 5.75 Å². The molecule has 136 valence electrons. The number of hydrogen-bond acceptors (Lipinski definition) is 5. The van der Waals surface area contributed by atoms with Crippen molar-refractivity contribution in [1.29, 1.82) is 0 Å². The van der Waals surface area contributed by atoms with Crippen molar-refractivity contribution in [2.24, 2.45) is 4.99 Å². The van der Waals surface area contributed by atoms with E-state index in [1.807, 2.05) is 29.7 Å². The highest BCUT2D eigenvalue weighted by atomic mass is 32.2. The van der Waals surface area contributed by atoms with E-state index >= 15 is 0 Å². The number of sulfone groups is 1. The number of hydrogen-bond donors (Lipinski definition) is 0. The van der Waals surface area contributed by atoms with Crippen molar-refractivity contribution >= 4 is 37.3 Å². The third-order valence-corrected chi connectivity index (χ3v) is 6.06. The number of aromatic nitrogens is 1. The van der Waals surface area contributed by atoms with E-state index in [9.17, 15) is 13.2 Å². The normalized spacial score (nSPS) is 12.5. The van der Waals surface area contributed by atoms with E-state index in [0.29, 0.717) is 11.3 Å². The molecule has 0 spiro atoms. The van der Waals surface area contributed by atoms with Gasteiger partial charge in [-0.05, 0) is 43.3 Å². The van der Waals surface area contributed by atoms with Gasteiger partial charge in [0.2, 0.25) is 0 Å². The molecule has 0 fully saturated rings. The van der Waals surface area contributed by atoms with Gasteiger partial charge in [0.15, 0.2) is 14.6 Å². The van der Waals surface area contributed by atoms with Crippen LogP contribution in [0.15, 0.2) is 52.4 Å². The molecule has 0 aliphatic carbocycles. The summed E-state index contributed by atoms with van der Waals surface area (Å²) in [4.78, 5) is 17.5. The van der Waals surface area contributed by atoms with Crippen LogP contribution in [0.4, 0.5) is 0 Å². The van der Waals surface area contributed by atoms with Crippen LogP contribution < -0.4 is 9.54 Å². The van der Waals surface area contributed by atoms with Gasteiger partial charge < -0.3 is 9.30 Å². The van der Waals surface area contributed by atoms with Crippen LogP contribution in [0.2, 0.25) is 0 Å². The zero-order valence-electron chi connectivity index (χ0n) is 14.6. The molecule has 0 radical (unpaired) electrons. The first-order valence-corrected chi connectivity index (χ1v) is 10.6. The Morgan fingerprint density at radius 2 is 2.00 bits per heavy atom. The van der Waals surface area contributed by atoms with Crippen LogP contribution in [0, 0.1) is 0 Å². The maximum absolute atomic E-state index is 12.6. The lowest BCUT2D eigenvalue weighted by Gasteiger charge is -2.02. The second-order valence-electron chi connectivity index (χ2n) is 5.68. The molecule has 0 saturated heterocycles. The fourth-order valence-corrected chi connectivity index (χ4v) is 4.37. The molecule has 26 heavy (non-hydrogen) atoms. The van der Waals surface area contributed by atoms with Gasteiger partial charge in [-0.25, -0.2) is 8.42 Å². The van der Waals surface area contributed by atoms with Gasteiger partial charge in [-0.3, -0.25) is 4.79 Å². The first kappa shape index (κ1) is 18.3. The molecule has 0 saturated carbocycles. The molecule has 3 aromatic rings. The maximum Gasteiger partial charge on any atom is 0.279 e. The van der Waals surface area contributed by atoms with Crippen molar-refractivity contribution in [3.05, 3.63) is 52.8 Å². The summed E-state index contributed by atoms with van der Waals surface area (Å²) in [5.41, 5.74) is 1.21. The molecule has 3 rings (SSSR count). The van der Waals surface area contributed by atoms with Gasteiger partial charge in [0.05, 0.1) is 22.2 Å². The number of carbonyl (C=O) groups is 1. The minimum Gasteiger partial charge on any atom is -0.497 e. The second-order valence-corrected chi connectivity index (χ2v) is 8.70. The molecule has 0 N–H and O–H groups in total. The molecule has 0 aliphatic rings.